The molecule has 16 heavy (non-hydrogen) atoms. The monoisotopic (exact) mass is 241 g/mol. The lowest BCUT2D eigenvalue weighted by Crippen LogP contribution is -2.56. The van der Waals surface area contributed by atoms with Crippen LogP contribution in [-0.4, -0.2) is 33.6 Å². The van der Waals surface area contributed by atoms with Crippen molar-refractivity contribution in [1.29, 1.82) is 0 Å². The summed E-state index contributed by atoms with van der Waals surface area (Å²) in [5.41, 5.74) is 6.29. The van der Waals surface area contributed by atoms with Gasteiger partial charge in [-0.15, -0.1) is 0 Å². The number of sulfone groups is 1. The Morgan fingerprint density at radius 2 is 1.88 bits per heavy atom. The molecule has 5 heteroatoms. The third-order valence-corrected chi connectivity index (χ3v) is 5.07. The minimum atomic E-state index is -2.88. The number of rotatable bonds is 3. The van der Waals surface area contributed by atoms with Crippen molar-refractivity contribution in [3.05, 3.63) is 29.8 Å². The van der Waals surface area contributed by atoms with Crippen molar-refractivity contribution in [2.24, 2.45) is 5.73 Å². The van der Waals surface area contributed by atoms with Gasteiger partial charge in [-0.2, -0.15) is 0 Å². The number of ether oxygens (including phenoxy) is 1. The van der Waals surface area contributed by atoms with E-state index < -0.39 is 9.84 Å². The van der Waals surface area contributed by atoms with Crippen LogP contribution in [0.5, 0.6) is 5.75 Å². The maximum atomic E-state index is 11.3. The van der Waals surface area contributed by atoms with Crippen molar-refractivity contribution in [2.75, 3.05) is 25.2 Å². The minimum absolute atomic E-state index is 0.156. The maximum absolute atomic E-state index is 11.3. The van der Waals surface area contributed by atoms with Gasteiger partial charge in [0.25, 0.3) is 0 Å². The molecule has 0 spiro atoms. The summed E-state index contributed by atoms with van der Waals surface area (Å²) in [6, 6.07) is 7.44. The van der Waals surface area contributed by atoms with Gasteiger partial charge >= 0.3 is 0 Å². The molecule has 2 N–H and O–H groups in total. The van der Waals surface area contributed by atoms with E-state index in [4.69, 9.17) is 10.5 Å². The molecule has 1 heterocycles. The molecule has 0 radical (unpaired) electrons. The summed E-state index contributed by atoms with van der Waals surface area (Å²) in [7, 11) is -1.28. The maximum Gasteiger partial charge on any atom is 0.152 e. The van der Waals surface area contributed by atoms with Crippen LogP contribution in [0.3, 0.4) is 0 Å². The predicted octanol–water partition coefficient (Wildman–Crippen LogP) is 0.320. The number of nitrogens with two attached hydrogens (primary N) is 1. The fraction of sp³-hybridized carbons (Fsp3) is 0.455. The van der Waals surface area contributed by atoms with E-state index in [1.165, 1.54) is 0 Å². The first kappa shape index (κ1) is 11.4. The largest absolute Gasteiger partial charge is 0.497 e. The standard InChI is InChI=1S/C11H15NO3S/c1-15-10-4-2-9(3-5-10)11(6-12)7-16(13,14)8-11/h2-5H,6-8,12H2,1H3. The zero-order valence-corrected chi connectivity index (χ0v) is 9.96. The van der Waals surface area contributed by atoms with Gasteiger partial charge in [-0.3, -0.25) is 0 Å². The highest BCUT2D eigenvalue weighted by Crippen LogP contribution is 2.36. The molecule has 1 aliphatic heterocycles. The van der Waals surface area contributed by atoms with E-state index in [9.17, 15) is 8.42 Å². The Hall–Kier alpha value is -1.07. The first-order valence-electron chi connectivity index (χ1n) is 5.06. The number of benzene rings is 1. The van der Waals surface area contributed by atoms with Gasteiger partial charge < -0.3 is 10.5 Å². The molecule has 1 aromatic rings. The number of methoxy groups -OCH3 is 1. The molecule has 0 aromatic heterocycles. The first-order chi connectivity index (χ1) is 7.51. The summed E-state index contributed by atoms with van der Waals surface area (Å²) in [5.74, 6) is 1.07. The van der Waals surface area contributed by atoms with Crippen LogP contribution < -0.4 is 10.5 Å². The van der Waals surface area contributed by atoms with E-state index in [0.717, 1.165) is 11.3 Å². The smallest absolute Gasteiger partial charge is 0.152 e. The zero-order chi connectivity index (χ0) is 11.8. The Morgan fingerprint density at radius 3 is 2.25 bits per heavy atom. The molecule has 0 atom stereocenters. The van der Waals surface area contributed by atoms with Gasteiger partial charge in [-0.25, -0.2) is 8.42 Å². The molecule has 0 unspecified atom stereocenters. The van der Waals surface area contributed by atoms with E-state index in [2.05, 4.69) is 0 Å². The number of hydrogen-bond acceptors (Lipinski definition) is 4. The highest BCUT2D eigenvalue weighted by atomic mass is 32.2. The molecule has 1 fully saturated rings. The Bertz CT molecular complexity index is 466. The predicted molar refractivity (Wildman–Crippen MR) is 62.4 cm³/mol. The number of hydrogen-bond donors (Lipinski definition) is 1. The van der Waals surface area contributed by atoms with Crippen molar-refractivity contribution >= 4 is 9.84 Å². The van der Waals surface area contributed by atoms with Gasteiger partial charge in [0.05, 0.1) is 18.6 Å². The normalized spacial score (nSPS) is 21.1. The van der Waals surface area contributed by atoms with Crippen molar-refractivity contribution in [2.45, 2.75) is 5.41 Å². The molecule has 0 aliphatic carbocycles. The van der Waals surface area contributed by atoms with Gasteiger partial charge in [0, 0.05) is 12.0 Å². The minimum Gasteiger partial charge on any atom is -0.497 e. The second kappa shape index (κ2) is 3.75. The highest BCUT2D eigenvalue weighted by Gasteiger charge is 2.48. The molecule has 88 valence electrons. The van der Waals surface area contributed by atoms with Crippen LogP contribution in [0.25, 0.3) is 0 Å². The molecule has 0 amide bonds. The van der Waals surface area contributed by atoms with Gasteiger partial charge in [-0.05, 0) is 17.7 Å². The summed E-state index contributed by atoms with van der Waals surface area (Å²) < 4.78 is 27.6. The lowest BCUT2D eigenvalue weighted by atomic mass is 9.83. The van der Waals surface area contributed by atoms with Crippen LogP contribution in [0.2, 0.25) is 0 Å². The molecule has 2 rings (SSSR count). The van der Waals surface area contributed by atoms with Gasteiger partial charge in [0.15, 0.2) is 9.84 Å². The van der Waals surface area contributed by atoms with Crippen molar-refractivity contribution in [3.8, 4) is 5.75 Å². The fourth-order valence-electron chi connectivity index (χ4n) is 2.15. The average Bonchev–Trinajstić information content (AvgIpc) is 2.25. The second-order valence-corrected chi connectivity index (χ2v) is 6.31. The summed E-state index contributed by atoms with van der Waals surface area (Å²) in [6.07, 6.45) is 0. The zero-order valence-electron chi connectivity index (χ0n) is 9.14. The van der Waals surface area contributed by atoms with Crippen LogP contribution >= 0.6 is 0 Å². The Balaban J connectivity index is 2.29. The SMILES string of the molecule is COc1ccc(C2(CN)CS(=O)(=O)C2)cc1. The Labute approximate surface area is 95.3 Å². The van der Waals surface area contributed by atoms with Crippen molar-refractivity contribution < 1.29 is 13.2 Å². The average molecular weight is 241 g/mol. The van der Waals surface area contributed by atoms with E-state index in [0.29, 0.717) is 6.54 Å². The van der Waals surface area contributed by atoms with Crippen LogP contribution in [0.15, 0.2) is 24.3 Å². The summed E-state index contributed by atoms with van der Waals surface area (Å²) in [5, 5.41) is 0. The third kappa shape index (κ3) is 1.81. The molecular formula is C11H15NO3S. The van der Waals surface area contributed by atoms with Crippen LogP contribution in [0.1, 0.15) is 5.56 Å². The summed E-state index contributed by atoms with van der Waals surface area (Å²) in [6.45, 7) is 0.360. The Kier molecular flexibility index (Phi) is 2.67. The molecule has 1 aliphatic rings. The van der Waals surface area contributed by atoms with E-state index in [1.807, 2.05) is 24.3 Å². The molecule has 0 bridgehead atoms. The first-order valence-corrected chi connectivity index (χ1v) is 6.88. The van der Waals surface area contributed by atoms with Gasteiger partial charge in [-0.1, -0.05) is 12.1 Å². The topological polar surface area (TPSA) is 69.4 Å². The van der Waals surface area contributed by atoms with E-state index >= 15 is 0 Å². The quantitative estimate of drug-likeness (QED) is 0.827. The lowest BCUT2D eigenvalue weighted by molar-refractivity contribution is 0.413. The lowest BCUT2D eigenvalue weighted by Gasteiger charge is -2.40. The van der Waals surface area contributed by atoms with Gasteiger partial charge in [0.1, 0.15) is 5.75 Å². The van der Waals surface area contributed by atoms with E-state index in [-0.39, 0.29) is 16.9 Å². The second-order valence-electron chi connectivity index (χ2n) is 4.25. The summed E-state index contributed by atoms with van der Waals surface area (Å²) >= 11 is 0. The van der Waals surface area contributed by atoms with Crippen LogP contribution in [0, 0.1) is 0 Å². The summed E-state index contributed by atoms with van der Waals surface area (Å²) in [4.78, 5) is 0. The molecule has 4 nitrogen and oxygen atoms in total. The fourth-order valence-corrected chi connectivity index (χ4v) is 4.31. The van der Waals surface area contributed by atoms with Crippen LogP contribution in [-0.2, 0) is 15.3 Å². The molecule has 1 saturated heterocycles. The molecular weight excluding hydrogens is 226 g/mol. The molecule has 1 aromatic carbocycles. The highest BCUT2D eigenvalue weighted by molar-refractivity contribution is 7.93. The third-order valence-electron chi connectivity index (χ3n) is 3.09. The van der Waals surface area contributed by atoms with E-state index in [1.54, 1.807) is 7.11 Å². The Morgan fingerprint density at radius 1 is 1.31 bits per heavy atom. The van der Waals surface area contributed by atoms with Gasteiger partial charge in [0.2, 0.25) is 0 Å². The molecule has 0 saturated carbocycles. The van der Waals surface area contributed by atoms with Crippen LogP contribution in [0.4, 0.5) is 0 Å². The van der Waals surface area contributed by atoms with Crippen molar-refractivity contribution in [3.63, 3.8) is 0 Å². The van der Waals surface area contributed by atoms with Crippen molar-refractivity contribution in [1.82, 2.24) is 0 Å².